The zero-order valence-corrected chi connectivity index (χ0v) is 17.5. The van der Waals surface area contributed by atoms with Gasteiger partial charge in [-0.3, -0.25) is 4.79 Å². The molecule has 2 aliphatic heterocycles. The van der Waals surface area contributed by atoms with Crippen molar-refractivity contribution in [3.8, 4) is 0 Å². The topological polar surface area (TPSA) is 66.9 Å². The summed E-state index contributed by atoms with van der Waals surface area (Å²) in [5.74, 6) is -0.145. The van der Waals surface area contributed by atoms with Gasteiger partial charge in [0.15, 0.2) is 0 Å². The minimum atomic E-state index is -3.58. The number of morpholine rings is 1. The summed E-state index contributed by atoms with van der Waals surface area (Å²) in [6.45, 7) is 9.75. The van der Waals surface area contributed by atoms with Crippen molar-refractivity contribution in [1.29, 1.82) is 0 Å². The molecule has 0 aromatic heterocycles. The number of amides is 1. The van der Waals surface area contributed by atoms with E-state index in [-0.39, 0.29) is 16.9 Å². The molecule has 2 aliphatic rings. The Hall–Kier alpha value is -1.44. The lowest BCUT2D eigenvalue weighted by Crippen LogP contribution is -2.53. The fraction of sp³-hybridized carbons (Fsp3) is 0.650. The molecule has 2 fully saturated rings. The van der Waals surface area contributed by atoms with Crippen LogP contribution < -0.4 is 0 Å². The second kappa shape index (κ2) is 7.53. The number of rotatable bonds is 3. The lowest BCUT2D eigenvalue weighted by atomic mass is 10.0. The Bertz CT molecular complexity index is 813. The van der Waals surface area contributed by atoms with Crippen LogP contribution in [-0.2, 0) is 14.8 Å². The van der Waals surface area contributed by atoms with E-state index >= 15 is 0 Å². The van der Waals surface area contributed by atoms with Crippen LogP contribution in [0.4, 0.5) is 0 Å². The Morgan fingerprint density at radius 3 is 2.48 bits per heavy atom. The molecule has 1 aromatic rings. The van der Waals surface area contributed by atoms with E-state index in [2.05, 4.69) is 0 Å². The molecule has 0 N–H and O–H groups in total. The first kappa shape index (κ1) is 20.3. The molecule has 0 saturated carbocycles. The van der Waals surface area contributed by atoms with Crippen molar-refractivity contribution in [2.75, 3.05) is 26.2 Å². The molecule has 0 spiro atoms. The Morgan fingerprint density at radius 1 is 1.19 bits per heavy atom. The first-order chi connectivity index (χ1) is 12.6. The van der Waals surface area contributed by atoms with E-state index in [1.54, 1.807) is 34.3 Å². The Labute approximate surface area is 162 Å². The number of ether oxygens (including phenoxy) is 1. The maximum Gasteiger partial charge on any atom is 0.254 e. The minimum absolute atomic E-state index is 0.0558. The molecule has 0 aliphatic carbocycles. The fourth-order valence-electron chi connectivity index (χ4n) is 4.05. The smallest absolute Gasteiger partial charge is 0.254 e. The first-order valence-corrected chi connectivity index (χ1v) is 11.1. The summed E-state index contributed by atoms with van der Waals surface area (Å²) in [6, 6.07) is 5.01. The van der Waals surface area contributed by atoms with Crippen molar-refractivity contribution >= 4 is 15.9 Å². The molecule has 3 rings (SSSR count). The Balaban J connectivity index is 1.90. The summed E-state index contributed by atoms with van der Waals surface area (Å²) in [6.07, 6.45) is 2.78. The highest BCUT2D eigenvalue weighted by atomic mass is 32.2. The zero-order valence-electron chi connectivity index (χ0n) is 16.7. The van der Waals surface area contributed by atoms with Gasteiger partial charge in [0.25, 0.3) is 5.91 Å². The van der Waals surface area contributed by atoms with Crippen LogP contribution in [0.1, 0.15) is 56.0 Å². The third kappa shape index (κ3) is 4.36. The lowest BCUT2D eigenvalue weighted by Gasteiger charge is -2.41. The number of hydrogen-bond donors (Lipinski definition) is 0. The molecule has 1 unspecified atom stereocenters. The molecular weight excluding hydrogens is 364 g/mol. The highest BCUT2D eigenvalue weighted by Crippen LogP contribution is 2.26. The van der Waals surface area contributed by atoms with Gasteiger partial charge < -0.3 is 9.64 Å². The predicted molar refractivity (Wildman–Crippen MR) is 104 cm³/mol. The number of benzene rings is 1. The molecule has 2 heterocycles. The van der Waals surface area contributed by atoms with Crippen molar-refractivity contribution in [3.63, 3.8) is 0 Å². The highest BCUT2D eigenvalue weighted by Gasteiger charge is 2.35. The highest BCUT2D eigenvalue weighted by molar-refractivity contribution is 7.89. The molecule has 0 bridgehead atoms. The molecule has 1 aromatic carbocycles. The second-order valence-electron chi connectivity index (χ2n) is 8.32. The third-order valence-corrected chi connectivity index (χ3v) is 7.27. The molecule has 6 nitrogen and oxygen atoms in total. The quantitative estimate of drug-likeness (QED) is 0.791. The van der Waals surface area contributed by atoms with E-state index in [0.29, 0.717) is 37.3 Å². The van der Waals surface area contributed by atoms with Crippen LogP contribution in [0.15, 0.2) is 23.1 Å². The van der Waals surface area contributed by atoms with Gasteiger partial charge in [0.2, 0.25) is 10.0 Å². The van der Waals surface area contributed by atoms with Gasteiger partial charge >= 0.3 is 0 Å². The van der Waals surface area contributed by atoms with E-state index in [1.165, 1.54) is 0 Å². The molecular formula is C20H30N2O4S. The maximum absolute atomic E-state index is 13.1. The summed E-state index contributed by atoms with van der Waals surface area (Å²) in [7, 11) is -3.58. The summed E-state index contributed by atoms with van der Waals surface area (Å²) >= 11 is 0. The average molecular weight is 395 g/mol. The molecule has 2 saturated heterocycles. The lowest BCUT2D eigenvalue weighted by molar-refractivity contribution is -0.118. The number of sulfonamides is 1. The maximum atomic E-state index is 13.1. The van der Waals surface area contributed by atoms with Crippen LogP contribution in [0, 0.1) is 6.92 Å². The van der Waals surface area contributed by atoms with Crippen molar-refractivity contribution in [3.05, 3.63) is 29.3 Å². The first-order valence-electron chi connectivity index (χ1n) is 9.68. The van der Waals surface area contributed by atoms with Crippen molar-refractivity contribution in [2.24, 2.45) is 0 Å². The van der Waals surface area contributed by atoms with Gasteiger partial charge in [-0.05, 0) is 58.2 Å². The van der Waals surface area contributed by atoms with Crippen LogP contribution in [0.3, 0.4) is 0 Å². The van der Waals surface area contributed by atoms with E-state index in [9.17, 15) is 13.2 Å². The van der Waals surface area contributed by atoms with E-state index < -0.39 is 15.6 Å². The molecule has 7 heteroatoms. The summed E-state index contributed by atoms with van der Waals surface area (Å²) < 4.78 is 33.6. The van der Waals surface area contributed by atoms with Gasteiger partial charge in [-0.1, -0.05) is 12.5 Å². The summed E-state index contributed by atoms with van der Waals surface area (Å²) in [5, 5.41) is 0. The van der Waals surface area contributed by atoms with Crippen LogP contribution in [0.25, 0.3) is 0 Å². The van der Waals surface area contributed by atoms with Gasteiger partial charge in [0.05, 0.1) is 16.6 Å². The van der Waals surface area contributed by atoms with Crippen molar-refractivity contribution in [1.82, 2.24) is 9.21 Å². The third-order valence-electron chi connectivity index (χ3n) is 5.22. The molecule has 1 atom stereocenters. The fourth-order valence-corrected chi connectivity index (χ4v) is 5.81. The van der Waals surface area contributed by atoms with Crippen molar-refractivity contribution < 1.29 is 17.9 Å². The number of piperidine rings is 1. The predicted octanol–water partition coefficient (Wildman–Crippen LogP) is 2.81. The normalized spacial score (nSPS) is 24.0. The number of aryl methyl sites for hydroxylation is 1. The van der Waals surface area contributed by atoms with E-state index in [0.717, 1.165) is 19.3 Å². The van der Waals surface area contributed by atoms with E-state index in [1.807, 2.05) is 20.8 Å². The minimum Gasteiger partial charge on any atom is -0.369 e. The van der Waals surface area contributed by atoms with Gasteiger partial charge in [0.1, 0.15) is 0 Å². The number of carbonyl (C=O) groups is 1. The van der Waals surface area contributed by atoms with E-state index in [4.69, 9.17) is 4.74 Å². The number of hydrogen-bond acceptors (Lipinski definition) is 4. The Kier molecular flexibility index (Phi) is 5.66. The van der Waals surface area contributed by atoms with Gasteiger partial charge in [0, 0.05) is 31.7 Å². The standard InChI is InChI=1S/C20H30N2O4S/c1-15-8-9-17(19(23)21-13-16(2)26-20(3,4)14-21)12-18(15)27(24,25)22-10-6-5-7-11-22/h8-9,12,16H,5-7,10-11,13-14H2,1-4H3. The van der Waals surface area contributed by atoms with Crippen LogP contribution >= 0.6 is 0 Å². The summed E-state index contributed by atoms with van der Waals surface area (Å²) in [4.78, 5) is 15.1. The van der Waals surface area contributed by atoms with Gasteiger partial charge in [-0.2, -0.15) is 4.31 Å². The molecule has 1 amide bonds. The molecule has 27 heavy (non-hydrogen) atoms. The monoisotopic (exact) mass is 394 g/mol. The van der Waals surface area contributed by atoms with Gasteiger partial charge in [-0.15, -0.1) is 0 Å². The average Bonchev–Trinajstić information content (AvgIpc) is 2.60. The Morgan fingerprint density at radius 2 is 1.85 bits per heavy atom. The van der Waals surface area contributed by atoms with Crippen molar-refractivity contribution in [2.45, 2.75) is 63.6 Å². The van der Waals surface area contributed by atoms with Crippen LogP contribution in [0.5, 0.6) is 0 Å². The molecule has 0 radical (unpaired) electrons. The molecule has 150 valence electrons. The summed E-state index contributed by atoms with van der Waals surface area (Å²) in [5.41, 5.74) is 0.676. The number of carbonyl (C=O) groups excluding carboxylic acids is 1. The second-order valence-corrected chi connectivity index (χ2v) is 10.2. The van der Waals surface area contributed by atoms with Crippen LogP contribution in [-0.4, -0.2) is 61.4 Å². The largest absolute Gasteiger partial charge is 0.369 e. The van der Waals surface area contributed by atoms with Crippen LogP contribution in [0.2, 0.25) is 0 Å². The number of nitrogens with zero attached hydrogens (tertiary/aromatic N) is 2. The SMILES string of the molecule is Cc1ccc(C(=O)N2CC(C)OC(C)(C)C2)cc1S(=O)(=O)N1CCCCC1. The van der Waals surface area contributed by atoms with Gasteiger partial charge in [-0.25, -0.2) is 8.42 Å². The zero-order chi connectivity index (χ0) is 19.8.